The Morgan fingerprint density at radius 3 is 2.50 bits per heavy atom. The molecule has 0 amide bonds. The SMILES string of the molecule is CCNC(c1occc1Br)C1(OCC)CCCCCC1. The van der Waals surface area contributed by atoms with E-state index in [1.165, 1.54) is 25.7 Å². The Kier molecular flexibility index (Phi) is 6.12. The highest BCUT2D eigenvalue weighted by Crippen LogP contribution is 2.42. The zero-order valence-corrected chi connectivity index (χ0v) is 14.2. The third kappa shape index (κ3) is 3.46. The van der Waals surface area contributed by atoms with Crippen LogP contribution in [0.3, 0.4) is 0 Å². The summed E-state index contributed by atoms with van der Waals surface area (Å²) >= 11 is 3.61. The molecule has 2 rings (SSSR count). The van der Waals surface area contributed by atoms with Crippen LogP contribution >= 0.6 is 15.9 Å². The van der Waals surface area contributed by atoms with Gasteiger partial charge in [0.25, 0.3) is 0 Å². The molecule has 1 heterocycles. The summed E-state index contributed by atoms with van der Waals surface area (Å²) in [6.45, 7) is 5.89. The van der Waals surface area contributed by atoms with E-state index < -0.39 is 0 Å². The monoisotopic (exact) mass is 343 g/mol. The van der Waals surface area contributed by atoms with Crippen LogP contribution in [-0.2, 0) is 4.74 Å². The number of hydrogen-bond donors (Lipinski definition) is 1. The van der Waals surface area contributed by atoms with Crippen LogP contribution in [0, 0.1) is 0 Å². The van der Waals surface area contributed by atoms with Crippen LogP contribution in [-0.4, -0.2) is 18.8 Å². The summed E-state index contributed by atoms with van der Waals surface area (Å²) < 4.78 is 13.1. The quantitative estimate of drug-likeness (QED) is 0.751. The average molecular weight is 344 g/mol. The van der Waals surface area contributed by atoms with Gasteiger partial charge in [-0.1, -0.05) is 32.6 Å². The van der Waals surface area contributed by atoms with Crippen molar-refractivity contribution in [3.63, 3.8) is 0 Å². The summed E-state index contributed by atoms with van der Waals surface area (Å²) in [5.41, 5.74) is -0.137. The molecular weight excluding hydrogens is 318 g/mol. The summed E-state index contributed by atoms with van der Waals surface area (Å²) in [6.07, 6.45) is 9.05. The second-order valence-corrected chi connectivity index (χ2v) is 6.39. The first-order chi connectivity index (χ1) is 9.73. The third-order valence-electron chi connectivity index (χ3n) is 4.22. The molecule has 1 N–H and O–H groups in total. The fraction of sp³-hybridized carbons (Fsp3) is 0.750. The molecule has 1 atom stereocenters. The van der Waals surface area contributed by atoms with E-state index in [9.17, 15) is 0 Å². The van der Waals surface area contributed by atoms with Crippen molar-refractivity contribution in [1.29, 1.82) is 0 Å². The van der Waals surface area contributed by atoms with Crippen LogP contribution in [0.1, 0.15) is 64.2 Å². The first kappa shape index (κ1) is 16.1. The summed E-state index contributed by atoms with van der Waals surface area (Å²) in [5.74, 6) is 0.974. The fourth-order valence-corrected chi connectivity index (χ4v) is 3.79. The second kappa shape index (κ2) is 7.62. The molecule has 20 heavy (non-hydrogen) atoms. The minimum Gasteiger partial charge on any atom is -0.466 e. The Bertz CT molecular complexity index is 397. The molecule has 0 aliphatic heterocycles. The van der Waals surface area contributed by atoms with Crippen molar-refractivity contribution in [2.24, 2.45) is 0 Å². The molecule has 114 valence electrons. The van der Waals surface area contributed by atoms with Crippen molar-refractivity contribution in [2.75, 3.05) is 13.2 Å². The number of likely N-dealkylation sites (N-methyl/N-ethyl adjacent to an activating group) is 1. The van der Waals surface area contributed by atoms with Crippen LogP contribution in [0.4, 0.5) is 0 Å². The van der Waals surface area contributed by atoms with E-state index in [1.807, 2.05) is 6.07 Å². The summed E-state index contributed by atoms with van der Waals surface area (Å²) in [6, 6.07) is 2.09. The molecule has 0 saturated heterocycles. The Hall–Kier alpha value is -0.320. The number of furan rings is 1. The van der Waals surface area contributed by atoms with Gasteiger partial charge in [-0.15, -0.1) is 0 Å². The highest BCUT2D eigenvalue weighted by molar-refractivity contribution is 9.10. The van der Waals surface area contributed by atoms with Gasteiger partial charge < -0.3 is 14.5 Å². The standard InChI is InChI=1S/C16H26BrNO2/c1-3-18-15(14-13(17)9-12-19-14)16(20-4-2)10-7-5-6-8-11-16/h9,12,15,18H,3-8,10-11H2,1-2H3. The number of nitrogens with one attached hydrogen (secondary N) is 1. The van der Waals surface area contributed by atoms with Crippen LogP contribution in [0.2, 0.25) is 0 Å². The summed E-state index contributed by atoms with van der Waals surface area (Å²) in [7, 11) is 0. The molecule has 0 aromatic carbocycles. The first-order valence-corrected chi connectivity index (χ1v) is 8.63. The molecule has 3 nitrogen and oxygen atoms in total. The van der Waals surface area contributed by atoms with Gasteiger partial charge in [0.05, 0.1) is 22.4 Å². The van der Waals surface area contributed by atoms with Gasteiger partial charge in [0.2, 0.25) is 0 Å². The predicted molar refractivity (Wildman–Crippen MR) is 84.9 cm³/mol. The van der Waals surface area contributed by atoms with Gasteiger partial charge >= 0.3 is 0 Å². The van der Waals surface area contributed by atoms with Gasteiger partial charge in [0, 0.05) is 6.61 Å². The normalized spacial score (nSPS) is 20.6. The molecule has 1 aliphatic rings. The summed E-state index contributed by atoms with van der Waals surface area (Å²) in [5, 5.41) is 3.60. The van der Waals surface area contributed by atoms with Crippen LogP contribution in [0.25, 0.3) is 0 Å². The molecular formula is C16H26BrNO2. The molecule has 0 radical (unpaired) electrons. The molecule has 1 aliphatic carbocycles. The van der Waals surface area contributed by atoms with Gasteiger partial charge in [-0.25, -0.2) is 0 Å². The lowest BCUT2D eigenvalue weighted by Gasteiger charge is -2.39. The molecule has 0 spiro atoms. The molecule has 1 aromatic rings. The molecule has 4 heteroatoms. The topological polar surface area (TPSA) is 34.4 Å². The van der Waals surface area contributed by atoms with E-state index in [0.29, 0.717) is 0 Å². The molecule has 1 aromatic heterocycles. The smallest absolute Gasteiger partial charge is 0.137 e. The summed E-state index contributed by atoms with van der Waals surface area (Å²) in [4.78, 5) is 0. The van der Waals surface area contributed by atoms with Crippen molar-refractivity contribution >= 4 is 15.9 Å². The van der Waals surface area contributed by atoms with Gasteiger partial charge in [0.15, 0.2) is 0 Å². The van der Waals surface area contributed by atoms with Crippen LogP contribution < -0.4 is 5.32 Å². The minimum atomic E-state index is -0.137. The Morgan fingerprint density at radius 2 is 2.00 bits per heavy atom. The molecule has 1 fully saturated rings. The van der Waals surface area contributed by atoms with E-state index in [-0.39, 0.29) is 11.6 Å². The van der Waals surface area contributed by atoms with E-state index in [1.54, 1.807) is 6.26 Å². The zero-order valence-electron chi connectivity index (χ0n) is 12.6. The van der Waals surface area contributed by atoms with Crippen molar-refractivity contribution in [3.8, 4) is 0 Å². The predicted octanol–water partition coefficient (Wildman–Crippen LogP) is 4.82. The first-order valence-electron chi connectivity index (χ1n) is 7.83. The molecule has 1 unspecified atom stereocenters. The minimum absolute atomic E-state index is 0.120. The number of hydrogen-bond acceptors (Lipinski definition) is 3. The number of rotatable bonds is 6. The lowest BCUT2D eigenvalue weighted by Crippen LogP contribution is -2.46. The maximum atomic E-state index is 6.30. The van der Waals surface area contributed by atoms with Crippen LogP contribution in [0.5, 0.6) is 0 Å². The van der Waals surface area contributed by atoms with Crippen molar-refractivity contribution in [3.05, 3.63) is 22.6 Å². The van der Waals surface area contributed by atoms with Crippen LogP contribution in [0.15, 0.2) is 21.2 Å². The zero-order chi connectivity index (χ0) is 14.4. The molecule has 1 saturated carbocycles. The Labute approximate surface area is 130 Å². The number of halogens is 1. The van der Waals surface area contributed by atoms with Gasteiger partial charge in [-0.2, -0.15) is 0 Å². The fourth-order valence-electron chi connectivity index (χ4n) is 3.36. The highest BCUT2D eigenvalue weighted by Gasteiger charge is 2.42. The lowest BCUT2D eigenvalue weighted by atomic mass is 9.84. The van der Waals surface area contributed by atoms with E-state index in [4.69, 9.17) is 9.15 Å². The maximum Gasteiger partial charge on any atom is 0.137 e. The van der Waals surface area contributed by atoms with Crippen molar-refractivity contribution in [1.82, 2.24) is 5.32 Å². The van der Waals surface area contributed by atoms with E-state index in [0.717, 1.165) is 36.2 Å². The maximum absolute atomic E-state index is 6.30. The lowest BCUT2D eigenvalue weighted by molar-refractivity contribution is -0.0822. The second-order valence-electron chi connectivity index (χ2n) is 5.54. The Morgan fingerprint density at radius 1 is 1.30 bits per heavy atom. The van der Waals surface area contributed by atoms with Gasteiger partial charge in [0.1, 0.15) is 5.76 Å². The highest BCUT2D eigenvalue weighted by atomic mass is 79.9. The van der Waals surface area contributed by atoms with E-state index >= 15 is 0 Å². The van der Waals surface area contributed by atoms with Crippen molar-refractivity contribution < 1.29 is 9.15 Å². The number of ether oxygens (including phenoxy) is 1. The average Bonchev–Trinajstić information content (AvgIpc) is 2.72. The third-order valence-corrected chi connectivity index (χ3v) is 4.88. The van der Waals surface area contributed by atoms with E-state index in [2.05, 4.69) is 35.1 Å². The van der Waals surface area contributed by atoms with Crippen molar-refractivity contribution in [2.45, 2.75) is 64.0 Å². The largest absolute Gasteiger partial charge is 0.466 e. The van der Waals surface area contributed by atoms with Gasteiger partial charge in [-0.3, -0.25) is 0 Å². The Balaban J connectivity index is 2.33. The molecule has 0 bridgehead atoms. The van der Waals surface area contributed by atoms with Gasteiger partial charge in [-0.05, 0) is 48.3 Å².